The number of rotatable bonds is 5. The molecule has 2 aromatic heterocycles. The number of fused-ring (bicyclic) bond motifs is 4. The van der Waals surface area contributed by atoms with Crippen LogP contribution in [0.2, 0.25) is 0 Å². The maximum absolute atomic E-state index is 6.48. The summed E-state index contributed by atoms with van der Waals surface area (Å²) in [6, 6.07) is 36.0. The molecule has 0 amide bonds. The number of ether oxygens (including phenoxy) is 1. The van der Waals surface area contributed by atoms with Crippen LogP contribution in [0.4, 0.5) is 17.1 Å². The first-order chi connectivity index (χ1) is 19.1. The highest BCUT2D eigenvalue weighted by Crippen LogP contribution is 2.41. The molecule has 5 nitrogen and oxygen atoms in total. The van der Waals surface area contributed by atoms with Gasteiger partial charge in [0.15, 0.2) is 0 Å². The van der Waals surface area contributed by atoms with Gasteiger partial charge in [-0.05, 0) is 66.1 Å². The van der Waals surface area contributed by atoms with Crippen LogP contribution in [0.15, 0.2) is 109 Å². The van der Waals surface area contributed by atoms with Crippen LogP contribution < -0.4 is 14.5 Å². The topological polar surface area (TPSA) is 33.5 Å². The fourth-order valence-corrected chi connectivity index (χ4v) is 5.63. The molecule has 1 aliphatic heterocycles. The lowest BCUT2D eigenvalue weighted by Crippen LogP contribution is -2.23. The highest BCUT2D eigenvalue weighted by molar-refractivity contribution is 6.09. The summed E-state index contributed by atoms with van der Waals surface area (Å²) in [4.78, 5) is 9.35. The maximum atomic E-state index is 6.48. The Morgan fingerprint density at radius 2 is 1.49 bits per heavy atom. The summed E-state index contributed by atoms with van der Waals surface area (Å²) < 4.78 is 8.72. The van der Waals surface area contributed by atoms with Crippen LogP contribution in [0.1, 0.15) is 25.3 Å². The number of aromatic nitrogens is 2. The second kappa shape index (κ2) is 9.21. The molecular weight excluding hydrogens is 480 g/mol. The van der Waals surface area contributed by atoms with E-state index < -0.39 is 0 Å². The Hall–Kier alpha value is -4.77. The maximum Gasteiger partial charge on any atom is 0.137 e. The van der Waals surface area contributed by atoms with Crippen LogP contribution in [0.25, 0.3) is 27.6 Å². The summed E-state index contributed by atoms with van der Waals surface area (Å²) in [6.45, 7) is 5.23. The van der Waals surface area contributed by atoms with Crippen molar-refractivity contribution in [3.8, 4) is 17.3 Å². The van der Waals surface area contributed by atoms with Crippen molar-refractivity contribution >= 4 is 38.9 Å². The molecule has 0 fully saturated rings. The number of anilines is 3. The summed E-state index contributed by atoms with van der Waals surface area (Å²) in [5.41, 5.74) is 7.03. The summed E-state index contributed by atoms with van der Waals surface area (Å²) in [7, 11) is 2.12. The fraction of sp³-hybridized carbons (Fsp3) is 0.147. The Labute approximate surface area is 228 Å². The second-order valence-electron chi connectivity index (χ2n) is 10.5. The molecule has 0 aliphatic carbocycles. The van der Waals surface area contributed by atoms with Gasteiger partial charge in [0.05, 0.1) is 29.1 Å². The third kappa shape index (κ3) is 3.98. The minimum Gasteiger partial charge on any atom is -0.457 e. The van der Waals surface area contributed by atoms with E-state index in [1.165, 1.54) is 27.7 Å². The van der Waals surface area contributed by atoms with E-state index in [1.807, 2.05) is 12.3 Å². The predicted octanol–water partition coefficient (Wildman–Crippen LogP) is 8.64. The van der Waals surface area contributed by atoms with Gasteiger partial charge < -0.3 is 14.5 Å². The minimum atomic E-state index is 0.424. The van der Waals surface area contributed by atoms with Gasteiger partial charge in [-0.25, -0.2) is 4.98 Å². The molecule has 0 atom stereocenters. The number of hydrogen-bond donors (Lipinski definition) is 0. The Balaban J connectivity index is 1.29. The second-order valence-corrected chi connectivity index (χ2v) is 10.5. The Morgan fingerprint density at radius 3 is 2.36 bits per heavy atom. The van der Waals surface area contributed by atoms with Crippen LogP contribution in [0.5, 0.6) is 11.5 Å². The lowest BCUT2D eigenvalue weighted by atomic mass is 10.1. The number of nitrogens with zero attached hydrogens (tertiary/aromatic N) is 4. The normalized spacial score (nSPS) is 13.0. The van der Waals surface area contributed by atoms with Crippen LogP contribution in [-0.4, -0.2) is 23.3 Å². The number of pyridine rings is 1. The van der Waals surface area contributed by atoms with Gasteiger partial charge in [0.25, 0.3) is 0 Å². The first kappa shape index (κ1) is 23.4. The number of para-hydroxylation sites is 3. The molecule has 39 heavy (non-hydrogen) atoms. The third-order valence-electron chi connectivity index (χ3n) is 7.61. The Bertz CT molecular complexity index is 1840. The van der Waals surface area contributed by atoms with E-state index in [2.05, 4.69) is 132 Å². The predicted molar refractivity (Wildman–Crippen MR) is 161 cm³/mol. The summed E-state index contributed by atoms with van der Waals surface area (Å²) in [5.74, 6) is 2.95. The van der Waals surface area contributed by atoms with E-state index in [-0.39, 0.29) is 0 Å². The first-order valence-electron chi connectivity index (χ1n) is 13.4. The molecule has 5 heteroatoms. The van der Waals surface area contributed by atoms with Crippen molar-refractivity contribution < 1.29 is 4.74 Å². The van der Waals surface area contributed by atoms with Crippen molar-refractivity contribution in [1.82, 2.24) is 9.55 Å². The molecule has 6 aromatic rings. The summed E-state index contributed by atoms with van der Waals surface area (Å²) in [6.07, 6.45) is 1.91. The van der Waals surface area contributed by atoms with Crippen molar-refractivity contribution in [2.24, 2.45) is 0 Å². The molecular formula is C34H30N4O. The Kier molecular flexibility index (Phi) is 5.51. The van der Waals surface area contributed by atoms with Gasteiger partial charge in [-0.2, -0.15) is 0 Å². The molecule has 3 heterocycles. The highest BCUT2D eigenvalue weighted by atomic mass is 16.5. The quantitative estimate of drug-likeness (QED) is 0.232. The van der Waals surface area contributed by atoms with Gasteiger partial charge in [0.2, 0.25) is 0 Å². The van der Waals surface area contributed by atoms with E-state index in [0.717, 1.165) is 40.7 Å². The van der Waals surface area contributed by atoms with Crippen molar-refractivity contribution in [3.05, 3.63) is 115 Å². The first-order valence-corrected chi connectivity index (χ1v) is 13.4. The lowest BCUT2D eigenvalue weighted by molar-refractivity contribution is 0.483. The largest absolute Gasteiger partial charge is 0.457 e. The number of benzene rings is 4. The molecule has 0 bridgehead atoms. The molecule has 0 unspecified atom stereocenters. The summed E-state index contributed by atoms with van der Waals surface area (Å²) in [5, 5.41) is 2.38. The lowest BCUT2D eigenvalue weighted by Gasteiger charge is -2.20. The Morgan fingerprint density at radius 1 is 0.718 bits per heavy atom. The highest BCUT2D eigenvalue weighted by Gasteiger charge is 2.24. The van der Waals surface area contributed by atoms with Gasteiger partial charge >= 0.3 is 0 Å². The van der Waals surface area contributed by atoms with Gasteiger partial charge in [0, 0.05) is 41.8 Å². The SMILES string of the molecule is CC(C)c1ccnc(-n2c3ccccc3c3ccc(Oc4cccc(N5CN(C)c6ccccc65)c4)cc32)c1. The molecule has 0 saturated heterocycles. The minimum absolute atomic E-state index is 0.424. The zero-order valence-electron chi connectivity index (χ0n) is 22.4. The van der Waals surface area contributed by atoms with Crippen molar-refractivity contribution in [2.75, 3.05) is 23.5 Å². The summed E-state index contributed by atoms with van der Waals surface area (Å²) >= 11 is 0. The van der Waals surface area contributed by atoms with E-state index in [9.17, 15) is 0 Å². The molecule has 192 valence electrons. The number of hydrogen-bond acceptors (Lipinski definition) is 4. The van der Waals surface area contributed by atoms with Crippen LogP contribution >= 0.6 is 0 Å². The smallest absolute Gasteiger partial charge is 0.137 e. The standard InChI is InChI=1S/C34H30N4O/c1-23(2)24-17-18-35-34(19-24)38-30-12-5-4-11-28(30)29-16-15-27(21-33(29)38)39-26-10-8-9-25(20-26)37-22-36(3)31-13-6-7-14-32(31)37/h4-21,23H,22H2,1-3H3. The van der Waals surface area contributed by atoms with Crippen molar-refractivity contribution in [1.29, 1.82) is 0 Å². The van der Waals surface area contributed by atoms with Crippen LogP contribution in [0.3, 0.4) is 0 Å². The molecule has 0 saturated carbocycles. The average Bonchev–Trinajstić information content (AvgIpc) is 3.48. The van der Waals surface area contributed by atoms with Crippen molar-refractivity contribution in [2.45, 2.75) is 19.8 Å². The third-order valence-corrected chi connectivity index (χ3v) is 7.61. The molecule has 1 aliphatic rings. The van der Waals surface area contributed by atoms with Gasteiger partial charge in [0.1, 0.15) is 17.3 Å². The van der Waals surface area contributed by atoms with Gasteiger partial charge in [-0.3, -0.25) is 4.57 Å². The molecule has 0 radical (unpaired) electrons. The molecule has 4 aromatic carbocycles. The fourth-order valence-electron chi connectivity index (χ4n) is 5.63. The van der Waals surface area contributed by atoms with E-state index in [0.29, 0.717) is 5.92 Å². The van der Waals surface area contributed by atoms with Crippen LogP contribution in [0, 0.1) is 0 Å². The zero-order chi connectivity index (χ0) is 26.5. The van der Waals surface area contributed by atoms with Gasteiger partial charge in [-0.1, -0.05) is 50.2 Å². The molecule has 0 spiro atoms. The van der Waals surface area contributed by atoms with E-state index in [4.69, 9.17) is 9.72 Å². The monoisotopic (exact) mass is 510 g/mol. The van der Waals surface area contributed by atoms with E-state index >= 15 is 0 Å². The molecule has 7 rings (SSSR count). The van der Waals surface area contributed by atoms with Gasteiger partial charge in [-0.15, -0.1) is 0 Å². The molecule has 0 N–H and O–H groups in total. The zero-order valence-corrected chi connectivity index (χ0v) is 22.4. The van der Waals surface area contributed by atoms with Crippen LogP contribution in [-0.2, 0) is 0 Å². The van der Waals surface area contributed by atoms with Crippen molar-refractivity contribution in [3.63, 3.8) is 0 Å². The van der Waals surface area contributed by atoms with E-state index in [1.54, 1.807) is 0 Å². The average molecular weight is 511 g/mol.